The summed E-state index contributed by atoms with van der Waals surface area (Å²) in [6.07, 6.45) is 3.12. The molecule has 0 bridgehead atoms. The molecule has 1 N–H and O–H groups in total. The summed E-state index contributed by atoms with van der Waals surface area (Å²) in [7, 11) is 1.51. The molecule has 0 heterocycles. The van der Waals surface area contributed by atoms with Crippen LogP contribution in [0.2, 0.25) is 5.02 Å². The third-order valence-electron chi connectivity index (χ3n) is 3.29. The van der Waals surface area contributed by atoms with Crippen LogP contribution >= 0.6 is 11.6 Å². The van der Waals surface area contributed by atoms with Crippen molar-refractivity contribution >= 4 is 23.6 Å². The summed E-state index contributed by atoms with van der Waals surface area (Å²) in [5.74, 6) is 0.770. The Morgan fingerprint density at radius 1 is 1.24 bits per heavy atom. The minimum atomic E-state index is -0.210. The highest BCUT2D eigenvalue weighted by Crippen LogP contribution is 2.28. The molecule has 0 spiro atoms. The lowest BCUT2D eigenvalue weighted by Crippen LogP contribution is -2.20. The normalized spacial score (nSPS) is 10.3. The predicted molar refractivity (Wildman–Crippen MR) is 96.4 cm³/mol. The largest absolute Gasteiger partial charge is 0.493 e. The van der Waals surface area contributed by atoms with E-state index in [0.29, 0.717) is 23.1 Å². The first-order valence-electron chi connectivity index (χ1n) is 7.50. The summed E-state index contributed by atoms with van der Waals surface area (Å²) >= 11 is 5.82. The molecular weight excluding hydrogens is 340 g/mol. The van der Waals surface area contributed by atoms with Gasteiger partial charge in [0.25, 0.3) is 0 Å². The lowest BCUT2D eigenvalue weighted by atomic mass is 10.2. The SMILES string of the molecule is COc1cc(C=CC(=O)NCc2ccc(Cl)cc2)ccc1OCC#N. The maximum atomic E-state index is 11.9. The number of halogens is 1. The van der Waals surface area contributed by atoms with Crippen LogP contribution in [-0.4, -0.2) is 19.6 Å². The molecule has 2 rings (SSSR count). The van der Waals surface area contributed by atoms with Gasteiger partial charge in [0.15, 0.2) is 18.1 Å². The van der Waals surface area contributed by atoms with E-state index in [1.807, 2.05) is 18.2 Å². The number of carbonyl (C=O) groups excluding carboxylic acids is 1. The van der Waals surface area contributed by atoms with Crippen LogP contribution in [0.25, 0.3) is 6.08 Å². The molecular formula is C19H17ClN2O3. The van der Waals surface area contributed by atoms with Gasteiger partial charge in [0, 0.05) is 17.6 Å². The fourth-order valence-corrected chi connectivity index (χ4v) is 2.17. The summed E-state index contributed by atoms with van der Waals surface area (Å²) in [6.45, 7) is 0.364. The quantitative estimate of drug-likeness (QED) is 0.770. The Morgan fingerprint density at radius 3 is 2.68 bits per heavy atom. The first-order valence-corrected chi connectivity index (χ1v) is 7.88. The van der Waals surface area contributed by atoms with Crippen molar-refractivity contribution in [1.82, 2.24) is 5.32 Å². The molecule has 25 heavy (non-hydrogen) atoms. The predicted octanol–water partition coefficient (Wildman–Crippen LogP) is 3.58. The van der Waals surface area contributed by atoms with E-state index in [1.54, 1.807) is 36.4 Å². The zero-order valence-corrected chi connectivity index (χ0v) is 14.4. The number of nitrogens with zero attached hydrogens (tertiary/aromatic N) is 1. The first-order chi connectivity index (χ1) is 12.1. The van der Waals surface area contributed by atoms with Crippen LogP contribution in [-0.2, 0) is 11.3 Å². The fourth-order valence-electron chi connectivity index (χ4n) is 2.04. The van der Waals surface area contributed by atoms with Crippen LogP contribution in [0.5, 0.6) is 11.5 Å². The van der Waals surface area contributed by atoms with E-state index in [4.69, 9.17) is 26.3 Å². The number of nitriles is 1. The van der Waals surface area contributed by atoms with Gasteiger partial charge in [-0.3, -0.25) is 4.79 Å². The highest BCUT2D eigenvalue weighted by molar-refractivity contribution is 6.30. The molecule has 0 aliphatic carbocycles. The van der Waals surface area contributed by atoms with Gasteiger partial charge in [0.05, 0.1) is 7.11 Å². The minimum Gasteiger partial charge on any atom is -0.493 e. The Kier molecular flexibility index (Phi) is 6.87. The number of ether oxygens (including phenoxy) is 2. The van der Waals surface area contributed by atoms with E-state index < -0.39 is 0 Å². The minimum absolute atomic E-state index is 0.0569. The number of nitrogens with one attached hydrogen (secondary N) is 1. The van der Waals surface area contributed by atoms with Gasteiger partial charge < -0.3 is 14.8 Å². The summed E-state index contributed by atoms with van der Waals surface area (Å²) in [6, 6.07) is 14.4. The maximum Gasteiger partial charge on any atom is 0.244 e. The smallest absolute Gasteiger partial charge is 0.244 e. The van der Waals surface area contributed by atoms with Crippen molar-refractivity contribution < 1.29 is 14.3 Å². The van der Waals surface area contributed by atoms with Gasteiger partial charge >= 0.3 is 0 Å². The van der Waals surface area contributed by atoms with Crippen molar-refractivity contribution in [2.24, 2.45) is 0 Å². The van der Waals surface area contributed by atoms with E-state index in [1.165, 1.54) is 13.2 Å². The third kappa shape index (κ3) is 5.87. The number of carbonyl (C=O) groups is 1. The third-order valence-corrected chi connectivity index (χ3v) is 3.54. The average molecular weight is 357 g/mol. The number of benzene rings is 2. The Balaban J connectivity index is 1.94. The number of methoxy groups -OCH3 is 1. The second kappa shape index (κ2) is 9.36. The first kappa shape index (κ1) is 18.4. The molecule has 5 nitrogen and oxygen atoms in total. The Hall–Kier alpha value is -2.97. The lowest BCUT2D eigenvalue weighted by Gasteiger charge is -2.08. The molecule has 0 aliphatic heterocycles. The highest BCUT2D eigenvalue weighted by Gasteiger charge is 2.05. The van der Waals surface area contributed by atoms with Crippen molar-refractivity contribution in [3.05, 3.63) is 64.7 Å². The van der Waals surface area contributed by atoms with Crippen LogP contribution in [0.15, 0.2) is 48.5 Å². The van der Waals surface area contributed by atoms with Crippen LogP contribution in [0.4, 0.5) is 0 Å². The van der Waals surface area contributed by atoms with Gasteiger partial charge in [-0.05, 0) is 41.5 Å². The summed E-state index contributed by atoms with van der Waals surface area (Å²) < 4.78 is 10.5. The fraction of sp³-hybridized carbons (Fsp3) is 0.158. The van der Waals surface area contributed by atoms with Crippen molar-refractivity contribution in [3.8, 4) is 17.6 Å². The van der Waals surface area contributed by atoms with Crippen molar-refractivity contribution in [2.75, 3.05) is 13.7 Å². The van der Waals surface area contributed by atoms with Crippen molar-refractivity contribution in [2.45, 2.75) is 6.54 Å². The zero-order chi connectivity index (χ0) is 18.1. The van der Waals surface area contributed by atoms with Crippen LogP contribution in [0.3, 0.4) is 0 Å². The molecule has 0 unspecified atom stereocenters. The molecule has 0 radical (unpaired) electrons. The molecule has 0 saturated heterocycles. The summed E-state index contributed by atoms with van der Waals surface area (Å²) in [5.41, 5.74) is 1.75. The maximum absolute atomic E-state index is 11.9. The molecule has 0 fully saturated rings. The van der Waals surface area contributed by atoms with Gasteiger partial charge in [0.2, 0.25) is 5.91 Å². The van der Waals surface area contributed by atoms with Crippen LogP contribution < -0.4 is 14.8 Å². The standard InChI is InChI=1S/C19H17ClN2O3/c1-24-18-12-14(4-8-17(18)25-11-10-21)5-9-19(23)22-13-15-2-6-16(20)7-3-15/h2-9,12H,11,13H2,1H3,(H,22,23). The van der Waals surface area contributed by atoms with Crippen molar-refractivity contribution in [1.29, 1.82) is 5.26 Å². The number of hydrogen-bond acceptors (Lipinski definition) is 4. The molecule has 2 aromatic rings. The molecule has 0 aliphatic rings. The van der Waals surface area contributed by atoms with Crippen LogP contribution in [0, 0.1) is 11.3 Å². The van der Waals surface area contributed by atoms with Crippen molar-refractivity contribution in [3.63, 3.8) is 0 Å². The van der Waals surface area contributed by atoms with Gasteiger partial charge in [0.1, 0.15) is 6.07 Å². The van der Waals surface area contributed by atoms with E-state index >= 15 is 0 Å². The zero-order valence-electron chi connectivity index (χ0n) is 13.7. The molecule has 0 atom stereocenters. The topological polar surface area (TPSA) is 71.3 Å². The molecule has 0 saturated carbocycles. The molecule has 1 amide bonds. The summed E-state index contributed by atoms with van der Waals surface area (Å²) in [5, 5.41) is 12.0. The van der Waals surface area contributed by atoms with E-state index in [2.05, 4.69) is 5.32 Å². The molecule has 128 valence electrons. The monoisotopic (exact) mass is 356 g/mol. The second-order valence-electron chi connectivity index (χ2n) is 5.03. The van der Waals surface area contributed by atoms with E-state index in [9.17, 15) is 4.79 Å². The Bertz CT molecular complexity index is 795. The second-order valence-corrected chi connectivity index (χ2v) is 5.47. The molecule has 2 aromatic carbocycles. The lowest BCUT2D eigenvalue weighted by molar-refractivity contribution is -0.116. The van der Waals surface area contributed by atoms with Gasteiger partial charge in [-0.2, -0.15) is 5.26 Å². The van der Waals surface area contributed by atoms with Crippen LogP contribution in [0.1, 0.15) is 11.1 Å². The van der Waals surface area contributed by atoms with Gasteiger partial charge in [-0.25, -0.2) is 0 Å². The summed E-state index contributed by atoms with van der Waals surface area (Å²) in [4.78, 5) is 11.9. The average Bonchev–Trinajstić information content (AvgIpc) is 2.64. The number of amides is 1. The Labute approximate surface area is 151 Å². The van der Waals surface area contributed by atoms with E-state index in [-0.39, 0.29) is 12.5 Å². The molecule has 6 heteroatoms. The molecule has 0 aromatic heterocycles. The number of hydrogen-bond donors (Lipinski definition) is 1. The number of rotatable bonds is 7. The highest BCUT2D eigenvalue weighted by atomic mass is 35.5. The Morgan fingerprint density at radius 2 is 2.00 bits per heavy atom. The van der Waals surface area contributed by atoms with Gasteiger partial charge in [-0.15, -0.1) is 0 Å². The van der Waals surface area contributed by atoms with E-state index in [0.717, 1.165) is 11.1 Å². The van der Waals surface area contributed by atoms with Gasteiger partial charge in [-0.1, -0.05) is 29.8 Å².